The standard InChI is InChI=1S/C14H22O3/c1-4-17-10-13-7-5-6-12(9-13)8-11(2)14(15)16-3/h4,8,12-13H,1,5-7,9-10H2,2-3H3/b11-8+. The van der Waals surface area contributed by atoms with Gasteiger partial charge < -0.3 is 9.47 Å². The Morgan fingerprint density at radius 2 is 2.24 bits per heavy atom. The van der Waals surface area contributed by atoms with Crippen LogP contribution in [0.5, 0.6) is 0 Å². The Bertz CT molecular complexity index is 294. The van der Waals surface area contributed by atoms with Crippen molar-refractivity contribution < 1.29 is 14.3 Å². The maximum atomic E-state index is 11.3. The van der Waals surface area contributed by atoms with Crippen LogP contribution in [0.2, 0.25) is 0 Å². The van der Waals surface area contributed by atoms with Crippen molar-refractivity contribution in [2.24, 2.45) is 11.8 Å². The second-order valence-corrected chi connectivity index (χ2v) is 4.63. The topological polar surface area (TPSA) is 35.5 Å². The maximum Gasteiger partial charge on any atom is 0.333 e. The van der Waals surface area contributed by atoms with Gasteiger partial charge in [-0.3, -0.25) is 0 Å². The van der Waals surface area contributed by atoms with E-state index in [9.17, 15) is 4.79 Å². The summed E-state index contributed by atoms with van der Waals surface area (Å²) in [5, 5.41) is 0. The highest BCUT2D eigenvalue weighted by Crippen LogP contribution is 2.30. The number of hydrogen-bond acceptors (Lipinski definition) is 3. The van der Waals surface area contributed by atoms with E-state index >= 15 is 0 Å². The van der Waals surface area contributed by atoms with Gasteiger partial charge in [-0.2, -0.15) is 0 Å². The zero-order chi connectivity index (χ0) is 12.7. The van der Waals surface area contributed by atoms with Crippen molar-refractivity contribution in [3.05, 3.63) is 24.5 Å². The van der Waals surface area contributed by atoms with Crippen LogP contribution in [-0.2, 0) is 14.3 Å². The molecule has 2 unspecified atom stereocenters. The van der Waals surface area contributed by atoms with Gasteiger partial charge in [0.25, 0.3) is 0 Å². The van der Waals surface area contributed by atoms with E-state index < -0.39 is 0 Å². The smallest absolute Gasteiger partial charge is 0.333 e. The molecule has 0 heterocycles. The minimum absolute atomic E-state index is 0.227. The summed E-state index contributed by atoms with van der Waals surface area (Å²) < 4.78 is 9.95. The SMILES string of the molecule is C=COCC1CCCC(/C=C(\C)C(=O)OC)C1. The molecule has 0 aromatic rings. The summed E-state index contributed by atoms with van der Waals surface area (Å²) in [6.07, 6.45) is 8.18. The first kappa shape index (κ1) is 13.8. The number of carbonyl (C=O) groups is 1. The molecule has 0 bridgehead atoms. The van der Waals surface area contributed by atoms with Crippen LogP contribution >= 0.6 is 0 Å². The van der Waals surface area contributed by atoms with E-state index in [1.165, 1.54) is 26.2 Å². The highest BCUT2D eigenvalue weighted by Gasteiger charge is 2.21. The molecule has 0 N–H and O–H groups in total. The number of carbonyl (C=O) groups excluding carboxylic acids is 1. The van der Waals surface area contributed by atoms with Crippen LogP contribution in [0.1, 0.15) is 32.6 Å². The Hall–Kier alpha value is -1.25. The van der Waals surface area contributed by atoms with Gasteiger partial charge in [0.05, 0.1) is 20.0 Å². The fourth-order valence-corrected chi connectivity index (χ4v) is 2.42. The van der Waals surface area contributed by atoms with E-state index in [4.69, 9.17) is 9.47 Å². The number of methoxy groups -OCH3 is 1. The summed E-state index contributed by atoms with van der Waals surface area (Å²) in [5.74, 6) is 0.823. The third-order valence-electron chi connectivity index (χ3n) is 3.27. The molecule has 96 valence electrons. The first-order valence-electron chi connectivity index (χ1n) is 6.16. The van der Waals surface area contributed by atoms with E-state index in [1.54, 1.807) is 0 Å². The van der Waals surface area contributed by atoms with Crippen LogP contribution in [0, 0.1) is 11.8 Å². The summed E-state index contributed by atoms with van der Waals surface area (Å²) in [5.41, 5.74) is 0.711. The lowest BCUT2D eigenvalue weighted by Gasteiger charge is -2.27. The molecule has 1 rings (SSSR count). The number of hydrogen-bond donors (Lipinski definition) is 0. The molecule has 1 saturated carbocycles. The molecule has 0 aromatic carbocycles. The molecule has 0 saturated heterocycles. The molecule has 1 aliphatic carbocycles. The molecular weight excluding hydrogens is 216 g/mol. The molecule has 0 spiro atoms. The zero-order valence-electron chi connectivity index (χ0n) is 10.8. The lowest BCUT2D eigenvalue weighted by Crippen LogP contribution is -2.18. The summed E-state index contributed by atoms with van der Waals surface area (Å²) in [7, 11) is 1.42. The van der Waals surface area contributed by atoms with Crippen LogP contribution in [0.4, 0.5) is 0 Å². The van der Waals surface area contributed by atoms with Gasteiger partial charge >= 0.3 is 5.97 Å². The van der Waals surface area contributed by atoms with Gasteiger partial charge in [0, 0.05) is 5.57 Å². The van der Waals surface area contributed by atoms with Crippen LogP contribution in [0.25, 0.3) is 0 Å². The van der Waals surface area contributed by atoms with Gasteiger partial charge in [-0.15, -0.1) is 0 Å². The normalized spacial score (nSPS) is 25.2. The Kier molecular flexibility index (Phi) is 5.81. The number of esters is 1. The molecular formula is C14H22O3. The molecule has 3 heteroatoms. The van der Waals surface area contributed by atoms with E-state index in [0.717, 1.165) is 19.4 Å². The third kappa shape index (κ3) is 4.63. The Labute approximate surface area is 103 Å². The largest absolute Gasteiger partial charge is 0.502 e. The fourth-order valence-electron chi connectivity index (χ4n) is 2.42. The fraction of sp³-hybridized carbons (Fsp3) is 0.643. The van der Waals surface area contributed by atoms with Crippen molar-refractivity contribution in [3.8, 4) is 0 Å². The van der Waals surface area contributed by atoms with Crippen LogP contribution in [0.15, 0.2) is 24.5 Å². The second-order valence-electron chi connectivity index (χ2n) is 4.63. The predicted molar refractivity (Wildman–Crippen MR) is 67.4 cm³/mol. The lowest BCUT2D eigenvalue weighted by molar-refractivity contribution is -0.136. The Morgan fingerprint density at radius 1 is 1.47 bits per heavy atom. The van der Waals surface area contributed by atoms with Crippen LogP contribution in [0.3, 0.4) is 0 Å². The third-order valence-corrected chi connectivity index (χ3v) is 3.27. The van der Waals surface area contributed by atoms with E-state index in [1.807, 2.05) is 13.0 Å². The van der Waals surface area contributed by atoms with Crippen LogP contribution in [-0.4, -0.2) is 19.7 Å². The quantitative estimate of drug-likeness (QED) is 0.419. The van der Waals surface area contributed by atoms with E-state index in [-0.39, 0.29) is 5.97 Å². The predicted octanol–water partition coefficient (Wildman–Crippen LogP) is 3.07. The average molecular weight is 238 g/mol. The van der Waals surface area contributed by atoms with E-state index in [0.29, 0.717) is 17.4 Å². The Balaban J connectivity index is 2.48. The first-order valence-corrected chi connectivity index (χ1v) is 6.16. The summed E-state index contributed by atoms with van der Waals surface area (Å²) in [4.78, 5) is 11.3. The lowest BCUT2D eigenvalue weighted by atomic mass is 9.81. The molecule has 0 amide bonds. The van der Waals surface area contributed by atoms with Crippen molar-refractivity contribution in [1.29, 1.82) is 0 Å². The monoisotopic (exact) mass is 238 g/mol. The number of allylic oxidation sites excluding steroid dienone is 1. The van der Waals surface area contributed by atoms with Gasteiger partial charge in [-0.05, 0) is 38.0 Å². The molecule has 0 radical (unpaired) electrons. The minimum atomic E-state index is -0.227. The average Bonchev–Trinajstić information content (AvgIpc) is 2.35. The molecule has 0 aliphatic heterocycles. The summed E-state index contributed by atoms with van der Waals surface area (Å²) in [6, 6.07) is 0. The molecule has 0 aromatic heterocycles. The highest BCUT2D eigenvalue weighted by molar-refractivity contribution is 5.87. The molecule has 1 fully saturated rings. The Morgan fingerprint density at radius 3 is 2.88 bits per heavy atom. The number of rotatable bonds is 5. The van der Waals surface area contributed by atoms with Gasteiger partial charge in [0.15, 0.2) is 0 Å². The summed E-state index contributed by atoms with van der Waals surface area (Å²) >= 11 is 0. The number of ether oxygens (including phenoxy) is 2. The summed E-state index contributed by atoms with van der Waals surface area (Å²) in [6.45, 7) is 6.11. The van der Waals surface area contributed by atoms with Crippen molar-refractivity contribution in [2.75, 3.05) is 13.7 Å². The second kappa shape index (κ2) is 7.15. The highest BCUT2D eigenvalue weighted by atomic mass is 16.5. The maximum absolute atomic E-state index is 11.3. The van der Waals surface area contributed by atoms with Crippen LogP contribution < -0.4 is 0 Å². The van der Waals surface area contributed by atoms with Gasteiger partial charge in [0.1, 0.15) is 0 Å². The van der Waals surface area contributed by atoms with Gasteiger partial charge in [0.2, 0.25) is 0 Å². The first-order chi connectivity index (χ1) is 8.17. The van der Waals surface area contributed by atoms with Crippen molar-refractivity contribution in [3.63, 3.8) is 0 Å². The van der Waals surface area contributed by atoms with Crippen molar-refractivity contribution in [2.45, 2.75) is 32.6 Å². The van der Waals surface area contributed by atoms with Gasteiger partial charge in [-0.25, -0.2) is 4.79 Å². The molecule has 2 atom stereocenters. The molecule has 1 aliphatic rings. The zero-order valence-corrected chi connectivity index (χ0v) is 10.8. The minimum Gasteiger partial charge on any atom is -0.502 e. The van der Waals surface area contributed by atoms with E-state index in [2.05, 4.69) is 6.58 Å². The van der Waals surface area contributed by atoms with Gasteiger partial charge in [-0.1, -0.05) is 19.1 Å². The van der Waals surface area contributed by atoms with Crippen molar-refractivity contribution >= 4 is 5.97 Å². The van der Waals surface area contributed by atoms with Crippen molar-refractivity contribution in [1.82, 2.24) is 0 Å². The molecule has 17 heavy (non-hydrogen) atoms. The molecule has 3 nitrogen and oxygen atoms in total.